The van der Waals surface area contributed by atoms with Crippen LogP contribution in [0.1, 0.15) is 50.7 Å². The quantitative estimate of drug-likeness (QED) is 0.0812. The molecule has 3 rings (SSSR count). The van der Waals surface area contributed by atoms with Crippen LogP contribution in [0.4, 0.5) is 0 Å². The summed E-state index contributed by atoms with van der Waals surface area (Å²) in [6.45, 7) is 3.82. The third-order valence-electron chi connectivity index (χ3n) is 8.15. The van der Waals surface area contributed by atoms with Crippen LogP contribution in [0.25, 0.3) is 0 Å². The van der Waals surface area contributed by atoms with E-state index < -0.39 is 84.5 Å². The van der Waals surface area contributed by atoms with Gasteiger partial charge < -0.3 is 48.5 Å². The zero-order valence-electron chi connectivity index (χ0n) is 28.8. The van der Waals surface area contributed by atoms with Crippen molar-refractivity contribution in [1.29, 1.82) is 0 Å². The molecule has 0 aromatic heterocycles. The molecule has 51 heavy (non-hydrogen) atoms. The van der Waals surface area contributed by atoms with Crippen molar-refractivity contribution in [2.24, 2.45) is 17.4 Å². The van der Waals surface area contributed by atoms with Crippen molar-refractivity contribution in [2.75, 3.05) is 13.1 Å². The van der Waals surface area contributed by atoms with E-state index in [0.717, 1.165) is 6.42 Å². The van der Waals surface area contributed by atoms with Crippen molar-refractivity contribution < 1.29 is 38.7 Å². The second kappa shape index (κ2) is 19.6. The van der Waals surface area contributed by atoms with E-state index in [2.05, 4.69) is 31.9 Å². The maximum atomic E-state index is 13.7. The molecule has 0 unspecified atom stereocenters. The third kappa shape index (κ3) is 13.7. The summed E-state index contributed by atoms with van der Waals surface area (Å²) in [4.78, 5) is 90.2. The van der Waals surface area contributed by atoms with Crippen LogP contribution in [0.2, 0.25) is 0 Å². The highest BCUT2D eigenvalue weighted by Crippen LogP contribution is 2.13. The monoisotopic (exact) mass is 708 g/mol. The van der Waals surface area contributed by atoms with Gasteiger partial charge in [-0.15, -0.1) is 0 Å². The summed E-state index contributed by atoms with van der Waals surface area (Å²) in [7, 11) is 0. The third-order valence-corrected chi connectivity index (χ3v) is 8.15. The Bertz CT molecular complexity index is 1530. The van der Waals surface area contributed by atoms with Crippen LogP contribution < -0.4 is 43.4 Å². The lowest BCUT2D eigenvalue weighted by Crippen LogP contribution is -2.59. The van der Waals surface area contributed by atoms with Gasteiger partial charge >= 0.3 is 0 Å². The highest BCUT2D eigenvalue weighted by molar-refractivity contribution is 5.97. The van der Waals surface area contributed by atoms with E-state index in [1.807, 2.05) is 13.8 Å². The second-order valence-corrected chi connectivity index (χ2v) is 12.9. The molecule has 1 aliphatic rings. The molecule has 11 N–H and O–H groups in total. The Balaban J connectivity index is 1.78. The van der Waals surface area contributed by atoms with Crippen LogP contribution >= 0.6 is 0 Å². The van der Waals surface area contributed by atoms with Gasteiger partial charge in [0.05, 0.1) is 19.0 Å². The Hall–Kier alpha value is -5.51. The molecule has 2 aromatic rings. The smallest absolute Gasteiger partial charge is 0.243 e. The standard InChI is InChI=1S/C35H48N8O8/c1-20(2)15-25(31(37)47)40-30(46)19-39-32(48)26(16-21-7-4-3-5-8-21)41-35(51)28(18-29(36)45)43-34(50)27(17-22-10-12-23(44)13-11-22)42-33(49)24-9-6-14-38-24/h3-5,7-8,10-13,20,24-28,38,44H,6,9,14-19H2,1-2H3,(H2,36,45)(H2,37,47)(H,39,48)(H,40,46)(H,41,51)(H,42,49)(H,43,50)/t24-,25-,26-,27-,28-/m0/s1. The van der Waals surface area contributed by atoms with Gasteiger partial charge in [-0.1, -0.05) is 56.3 Å². The van der Waals surface area contributed by atoms with Gasteiger partial charge in [0, 0.05) is 12.8 Å². The Kier molecular flexibility index (Phi) is 15.4. The molecule has 1 fully saturated rings. The van der Waals surface area contributed by atoms with Gasteiger partial charge in [0.15, 0.2) is 0 Å². The summed E-state index contributed by atoms with van der Waals surface area (Å²) in [5, 5.41) is 25.5. The number of aromatic hydroxyl groups is 1. The van der Waals surface area contributed by atoms with Crippen LogP contribution in [-0.4, -0.2) is 89.8 Å². The van der Waals surface area contributed by atoms with E-state index in [9.17, 15) is 38.7 Å². The van der Waals surface area contributed by atoms with E-state index >= 15 is 0 Å². The van der Waals surface area contributed by atoms with Gasteiger partial charge in [0.25, 0.3) is 0 Å². The molecule has 2 aromatic carbocycles. The van der Waals surface area contributed by atoms with Gasteiger partial charge in [0.1, 0.15) is 29.9 Å². The average molecular weight is 709 g/mol. The number of amides is 7. The lowest BCUT2D eigenvalue weighted by molar-refractivity contribution is -0.135. The zero-order valence-corrected chi connectivity index (χ0v) is 28.8. The molecular formula is C35H48N8O8. The Morgan fingerprint density at radius 3 is 1.92 bits per heavy atom. The zero-order chi connectivity index (χ0) is 37.5. The first-order valence-electron chi connectivity index (χ1n) is 16.8. The Morgan fingerprint density at radius 1 is 0.765 bits per heavy atom. The second-order valence-electron chi connectivity index (χ2n) is 12.9. The number of primary amides is 2. The van der Waals surface area contributed by atoms with Crippen LogP contribution in [0.5, 0.6) is 5.75 Å². The number of carbonyl (C=O) groups excluding carboxylic acids is 7. The number of phenols is 1. The largest absolute Gasteiger partial charge is 0.508 e. The van der Waals surface area contributed by atoms with Crippen LogP contribution in [0.3, 0.4) is 0 Å². The molecule has 16 nitrogen and oxygen atoms in total. The van der Waals surface area contributed by atoms with Crippen molar-refractivity contribution in [3.05, 3.63) is 65.7 Å². The molecule has 0 saturated carbocycles. The van der Waals surface area contributed by atoms with E-state index in [-0.39, 0.29) is 24.5 Å². The minimum absolute atomic E-state index is 0.00726. The lowest BCUT2D eigenvalue weighted by Gasteiger charge is -2.26. The summed E-state index contributed by atoms with van der Waals surface area (Å²) < 4.78 is 0. The van der Waals surface area contributed by atoms with Gasteiger partial charge in [-0.2, -0.15) is 0 Å². The predicted octanol–water partition coefficient (Wildman–Crippen LogP) is -1.61. The fourth-order valence-electron chi connectivity index (χ4n) is 5.53. The molecule has 1 heterocycles. The molecule has 0 spiro atoms. The maximum Gasteiger partial charge on any atom is 0.243 e. The number of nitrogens with two attached hydrogens (primary N) is 2. The summed E-state index contributed by atoms with van der Waals surface area (Å²) in [6, 6.07) is 9.24. The summed E-state index contributed by atoms with van der Waals surface area (Å²) in [5.41, 5.74) is 12.1. The van der Waals surface area contributed by atoms with E-state index in [4.69, 9.17) is 11.5 Å². The summed E-state index contributed by atoms with van der Waals surface area (Å²) in [5.74, 6) is -5.14. The molecule has 276 valence electrons. The van der Waals surface area contributed by atoms with Crippen LogP contribution in [-0.2, 0) is 46.4 Å². The van der Waals surface area contributed by atoms with Crippen molar-refractivity contribution in [3.63, 3.8) is 0 Å². The minimum atomic E-state index is -1.54. The van der Waals surface area contributed by atoms with Gasteiger partial charge in [0.2, 0.25) is 41.4 Å². The first-order valence-corrected chi connectivity index (χ1v) is 16.8. The number of hydrogen-bond donors (Lipinski definition) is 9. The predicted molar refractivity (Wildman–Crippen MR) is 186 cm³/mol. The molecule has 16 heteroatoms. The molecule has 1 aliphatic heterocycles. The van der Waals surface area contributed by atoms with Gasteiger partial charge in [-0.05, 0) is 55.0 Å². The molecule has 0 radical (unpaired) electrons. The number of phenolic OH excluding ortho intramolecular Hbond substituents is 1. The fraction of sp³-hybridized carbons (Fsp3) is 0.457. The average Bonchev–Trinajstić information content (AvgIpc) is 3.62. The van der Waals surface area contributed by atoms with Crippen LogP contribution in [0.15, 0.2) is 54.6 Å². The Morgan fingerprint density at radius 2 is 1.35 bits per heavy atom. The molecule has 0 bridgehead atoms. The van der Waals surface area contributed by atoms with E-state index in [1.54, 1.807) is 42.5 Å². The van der Waals surface area contributed by atoms with Crippen molar-refractivity contribution in [3.8, 4) is 5.75 Å². The molecular weight excluding hydrogens is 660 g/mol. The van der Waals surface area contributed by atoms with Crippen molar-refractivity contribution in [1.82, 2.24) is 31.9 Å². The summed E-state index contributed by atoms with van der Waals surface area (Å²) >= 11 is 0. The number of benzene rings is 2. The molecule has 7 amide bonds. The first-order chi connectivity index (χ1) is 24.2. The maximum absolute atomic E-state index is 13.7. The molecule has 0 aliphatic carbocycles. The highest BCUT2D eigenvalue weighted by atomic mass is 16.3. The minimum Gasteiger partial charge on any atom is -0.508 e. The fourth-order valence-corrected chi connectivity index (χ4v) is 5.53. The Labute approximate surface area is 296 Å². The lowest BCUT2D eigenvalue weighted by atomic mass is 10.0. The van der Waals surface area contributed by atoms with E-state index in [1.165, 1.54) is 12.1 Å². The van der Waals surface area contributed by atoms with Crippen molar-refractivity contribution >= 4 is 41.4 Å². The number of hydrogen-bond acceptors (Lipinski definition) is 9. The number of rotatable bonds is 19. The highest BCUT2D eigenvalue weighted by Gasteiger charge is 2.33. The SMILES string of the molecule is CC(C)C[C@H](NC(=O)CNC(=O)[C@H](Cc1ccccc1)NC(=O)[C@H](CC(N)=O)NC(=O)[C@H](Cc1ccc(O)cc1)NC(=O)[C@@H]1CCCN1)C(N)=O. The number of nitrogens with one attached hydrogen (secondary N) is 6. The van der Waals surface area contributed by atoms with Crippen molar-refractivity contribution in [2.45, 2.75) is 82.6 Å². The molecule has 1 saturated heterocycles. The molecule has 5 atom stereocenters. The normalized spacial score (nSPS) is 16.2. The van der Waals surface area contributed by atoms with Crippen LogP contribution in [0, 0.1) is 5.92 Å². The topological polar surface area (TPSA) is 264 Å². The summed E-state index contributed by atoms with van der Waals surface area (Å²) in [6.07, 6.45) is 0.983. The van der Waals surface area contributed by atoms with E-state index in [0.29, 0.717) is 30.5 Å². The van der Waals surface area contributed by atoms with Gasteiger partial charge in [-0.25, -0.2) is 0 Å². The van der Waals surface area contributed by atoms with Gasteiger partial charge in [-0.3, -0.25) is 33.6 Å². The number of carbonyl (C=O) groups is 7. The first kappa shape index (κ1) is 39.9.